The number of para-hydroxylation sites is 2. The van der Waals surface area contributed by atoms with Crippen LogP contribution in [0.2, 0.25) is 0 Å². The van der Waals surface area contributed by atoms with E-state index in [1.54, 1.807) is 30.1 Å². The fourth-order valence-corrected chi connectivity index (χ4v) is 5.88. The molecule has 1 amide bonds. The molecular formula is C34H41F2N5O2. The smallest absolute Gasteiger partial charge is 0.253 e. The van der Waals surface area contributed by atoms with Gasteiger partial charge < -0.3 is 24.4 Å². The van der Waals surface area contributed by atoms with E-state index in [-0.39, 0.29) is 11.8 Å². The average molecular weight is 590 g/mol. The number of aromatic nitrogens is 2. The molecule has 1 N–H and O–H groups in total. The summed E-state index contributed by atoms with van der Waals surface area (Å²) in [5.41, 5.74) is 3.38. The molecule has 0 bridgehead atoms. The minimum atomic E-state index is -0.864. The third kappa shape index (κ3) is 7.77. The topological polar surface area (TPSA) is 62.6 Å². The molecule has 2 heterocycles. The Balaban J connectivity index is 1.20. The standard InChI is InChI=1S/C34H41F2N5O2/c1-3-43-22-21-41-32-12-8-7-11-31(32)38-34(41)37-28-16-19-40(20-17-28)18-15-27(26-13-14-29(35)30(36)23-26)24-39(2)33(42)25-9-5-4-6-10-25/h4-14,23,27-28H,3,15-22,24H2,1-2H3,(H,37,38). The SMILES string of the molecule is CCOCCn1c(NC2CCN(CCC(CN(C)C(=O)c3ccccc3)c3ccc(F)c(F)c3)CC2)nc2ccccc21. The molecule has 0 saturated carbocycles. The molecule has 43 heavy (non-hydrogen) atoms. The molecule has 5 rings (SSSR count). The Morgan fingerprint density at radius 3 is 2.51 bits per heavy atom. The summed E-state index contributed by atoms with van der Waals surface area (Å²) in [5, 5.41) is 3.69. The number of benzene rings is 3. The maximum atomic E-state index is 14.2. The number of carbonyl (C=O) groups excluding carboxylic acids is 1. The van der Waals surface area contributed by atoms with Gasteiger partial charge in [0.05, 0.1) is 17.6 Å². The van der Waals surface area contributed by atoms with E-state index in [4.69, 9.17) is 9.72 Å². The number of rotatable bonds is 13. The molecule has 1 saturated heterocycles. The van der Waals surface area contributed by atoms with E-state index in [0.29, 0.717) is 36.9 Å². The molecule has 228 valence electrons. The van der Waals surface area contributed by atoms with E-state index in [9.17, 15) is 13.6 Å². The Kier molecular flexibility index (Phi) is 10.4. The number of amides is 1. The van der Waals surface area contributed by atoms with Gasteiger partial charge in [-0.05, 0) is 74.7 Å². The van der Waals surface area contributed by atoms with Crippen LogP contribution in [0.4, 0.5) is 14.7 Å². The summed E-state index contributed by atoms with van der Waals surface area (Å²) >= 11 is 0. The summed E-state index contributed by atoms with van der Waals surface area (Å²) in [7, 11) is 1.76. The van der Waals surface area contributed by atoms with Crippen molar-refractivity contribution >= 4 is 22.9 Å². The first kappa shape index (κ1) is 30.6. The Bertz CT molecular complexity index is 1490. The average Bonchev–Trinajstić information content (AvgIpc) is 3.38. The number of ether oxygens (including phenoxy) is 1. The number of hydrogen-bond donors (Lipinski definition) is 1. The van der Waals surface area contributed by atoms with Crippen LogP contribution in [-0.4, -0.2) is 77.7 Å². The van der Waals surface area contributed by atoms with Gasteiger partial charge in [-0.3, -0.25) is 4.79 Å². The number of carbonyl (C=O) groups is 1. The van der Waals surface area contributed by atoms with Gasteiger partial charge in [-0.25, -0.2) is 13.8 Å². The largest absolute Gasteiger partial charge is 0.380 e. The number of nitrogens with one attached hydrogen (secondary N) is 1. The Morgan fingerprint density at radius 1 is 1.02 bits per heavy atom. The predicted molar refractivity (Wildman–Crippen MR) is 166 cm³/mol. The minimum absolute atomic E-state index is 0.0904. The molecular weight excluding hydrogens is 548 g/mol. The Morgan fingerprint density at radius 2 is 1.77 bits per heavy atom. The molecule has 1 fully saturated rings. The zero-order valence-corrected chi connectivity index (χ0v) is 25.0. The molecule has 0 aliphatic carbocycles. The van der Waals surface area contributed by atoms with Crippen LogP contribution in [0.25, 0.3) is 11.0 Å². The molecule has 7 nitrogen and oxygen atoms in total. The fourth-order valence-electron chi connectivity index (χ4n) is 5.88. The zero-order valence-electron chi connectivity index (χ0n) is 25.0. The van der Waals surface area contributed by atoms with Crippen molar-refractivity contribution < 1.29 is 18.3 Å². The summed E-state index contributed by atoms with van der Waals surface area (Å²) in [4.78, 5) is 22.0. The van der Waals surface area contributed by atoms with Crippen molar-refractivity contribution in [3.8, 4) is 0 Å². The first-order chi connectivity index (χ1) is 20.9. The van der Waals surface area contributed by atoms with Gasteiger partial charge in [0, 0.05) is 57.4 Å². The van der Waals surface area contributed by atoms with Gasteiger partial charge in [0.2, 0.25) is 5.95 Å². The number of piperidine rings is 1. The van der Waals surface area contributed by atoms with Gasteiger partial charge >= 0.3 is 0 Å². The van der Waals surface area contributed by atoms with Gasteiger partial charge in [0.25, 0.3) is 5.91 Å². The monoisotopic (exact) mass is 589 g/mol. The predicted octanol–water partition coefficient (Wildman–Crippen LogP) is 6.17. The van der Waals surface area contributed by atoms with Gasteiger partial charge in [-0.1, -0.05) is 36.4 Å². The van der Waals surface area contributed by atoms with Crippen LogP contribution in [0.3, 0.4) is 0 Å². The molecule has 1 unspecified atom stereocenters. The highest BCUT2D eigenvalue weighted by Gasteiger charge is 2.24. The molecule has 0 radical (unpaired) electrons. The number of imidazole rings is 1. The van der Waals surface area contributed by atoms with Crippen LogP contribution in [0.1, 0.15) is 48.0 Å². The van der Waals surface area contributed by atoms with Crippen molar-refractivity contribution in [2.24, 2.45) is 0 Å². The fraction of sp³-hybridized carbons (Fsp3) is 0.412. The highest BCUT2D eigenvalue weighted by Crippen LogP contribution is 2.26. The molecule has 0 spiro atoms. The summed E-state index contributed by atoms with van der Waals surface area (Å²) < 4.78 is 35.8. The van der Waals surface area contributed by atoms with Crippen LogP contribution in [0.15, 0.2) is 72.8 Å². The summed E-state index contributed by atoms with van der Waals surface area (Å²) in [6, 6.07) is 21.7. The van der Waals surface area contributed by atoms with Gasteiger partial charge in [0.15, 0.2) is 11.6 Å². The lowest BCUT2D eigenvalue weighted by Crippen LogP contribution is -2.40. The molecule has 4 aromatic rings. The van der Waals surface area contributed by atoms with Crippen LogP contribution < -0.4 is 5.32 Å². The minimum Gasteiger partial charge on any atom is -0.380 e. The highest BCUT2D eigenvalue weighted by molar-refractivity contribution is 5.94. The first-order valence-corrected chi connectivity index (χ1v) is 15.2. The maximum Gasteiger partial charge on any atom is 0.253 e. The van der Waals surface area contributed by atoms with Gasteiger partial charge in [0.1, 0.15) is 0 Å². The van der Waals surface area contributed by atoms with Crippen LogP contribution in [-0.2, 0) is 11.3 Å². The van der Waals surface area contributed by atoms with Crippen LogP contribution in [0.5, 0.6) is 0 Å². The molecule has 1 atom stereocenters. The number of fused-ring (bicyclic) bond motifs is 1. The summed E-state index contributed by atoms with van der Waals surface area (Å²) in [6.07, 6.45) is 2.66. The second kappa shape index (κ2) is 14.6. The van der Waals surface area contributed by atoms with Crippen molar-refractivity contribution in [3.63, 3.8) is 0 Å². The van der Waals surface area contributed by atoms with Crippen molar-refractivity contribution in [3.05, 3.63) is 95.6 Å². The number of halogens is 2. The number of anilines is 1. The maximum absolute atomic E-state index is 14.2. The van der Waals surface area contributed by atoms with E-state index in [1.807, 2.05) is 43.3 Å². The lowest BCUT2D eigenvalue weighted by atomic mass is 9.93. The number of hydrogen-bond acceptors (Lipinski definition) is 5. The molecule has 3 aromatic carbocycles. The number of likely N-dealkylation sites (tertiary alicyclic amines) is 1. The van der Waals surface area contributed by atoms with E-state index < -0.39 is 11.6 Å². The van der Waals surface area contributed by atoms with E-state index in [1.165, 1.54) is 12.1 Å². The van der Waals surface area contributed by atoms with Crippen molar-refractivity contribution in [1.29, 1.82) is 0 Å². The molecule has 1 aliphatic rings. The van der Waals surface area contributed by atoms with E-state index >= 15 is 0 Å². The van der Waals surface area contributed by atoms with Gasteiger partial charge in [-0.2, -0.15) is 0 Å². The number of nitrogens with zero attached hydrogens (tertiary/aromatic N) is 4. The lowest BCUT2D eigenvalue weighted by Gasteiger charge is -2.34. The molecule has 9 heteroatoms. The lowest BCUT2D eigenvalue weighted by molar-refractivity contribution is 0.0781. The number of likely N-dealkylation sites (N-methyl/N-ethyl adjacent to an activating group) is 1. The first-order valence-electron chi connectivity index (χ1n) is 15.2. The van der Waals surface area contributed by atoms with Crippen molar-refractivity contribution in [2.75, 3.05) is 51.8 Å². The second-order valence-corrected chi connectivity index (χ2v) is 11.2. The summed E-state index contributed by atoms with van der Waals surface area (Å²) in [5.74, 6) is -1.07. The summed E-state index contributed by atoms with van der Waals surface area (Å²) in [6.45, 7) is 7.11. The molecule has 1 aliphatic heterocycles. The van der Waals surface area contributed by atoms with E-state index in [2.05, 4.69) is 20.9 Å². The van der Waals surface area contributed by atoms with Crippen LogP contribution >= 0.6 is 0 Å². The third-order valence-corrected chi connectivity index (χ3v) is 8.31. The Labute approximate surface area is 252 Å². The highest BCUT2D eigenvalue weighted by atomic mass is 19.2. The zero-order chi connectivity index (χ0) is 30.2. The normalized spacial score (nSPS) is 15.1. The molecule has 1 aromatic heterocycles. The second-order valence-electron chi connectivity index (χ2n) is 11.2. The van der Waals surface area contributed by atoms with Crippen molar-refractivity contribution in [2.45, 2.75) is 44.7 Å². The Hall–Kier alpha value is -3.82. The van der Waals surface area contributed by atoms with E-state index in [0.717, 1.165) is 62.4 Å². The van der Waals surface area contributed by atoms with Crippen molar-refractivity contribution in [1.82, 2.24) is 19.4 Å². The quantitative estimate of drug-likeness (QED) is 0.189. The van der Waals surface area contributed by atoms with Gasteiger partial charge in [-0.15, -0.1) is 0 Å². The van der Waals surface area contributed by atoms with Crippen LogP contribution in [0, 0.1) is 11.6 Å². The third-order valence-electron chi connectivity index (χ3n) is 8.31.